The monoisotopic (exact) mass is 338 g/mol. The smallest absolute Gasteiger partial charge is 0.0578 e. The molecular weight excluding hydrogens is 296 g/mol. The van der Waals surface area contributed by atoms with E-state index >= 15 is 0 Å². The first-order valence-corrected chi connectivity index (χ1v) is 10.6. The molecule has 0 N–H and O–H groups in total. The van der Waals surface area contributed by atoms with Gasteiger partial charge < -0.3 is 9.64 Å². The van der Waals surface area contributed by atoms with E-state index in [0.29, 0.717) is 18.2 Å². The SMILES string of the molecule is CC(C)O[C@H]1CC[C@H](CCCCN2CCN(C(C)C)[C@@H](C)C2)CC1. The van der Waals surface area contributed by atoms with E-state index in [1.807, 2.05) is 0 Å². The summed E-state index contributed by atoms with van der Waals surface area (Å²) in [5.41, 5.74) is 0. The number of nitrogens with zero attached hydrogens (tertiary/aromatic N) is 2. The molecule has 0 aromatic rings. The highest BCUT2D eigenvalue weighted by atomic mass is 16.5. The largest absolute Gasteiger partial charge is 0.376 e. The summed E-state index contributed by atoms with van der Waals surface area (Å²) in [5.74, 6) is 0.966. The van der Waals surface area contributed by atoms with Crippen LogP contribution < -0.4 is 0 Å². The van der Waals surface area contributed by atoms with E-state index in [2.05, 4.69) is 44.4 Å². The predicted octanol–water partition coefficient (Wildman–Crippen LogP) is 4.56. The van der Waals surface area contributed by atoms with Crippen LogP contribution in [0.1, 0.15) is 79.6 Å². The van der Waals surface area contributed by atoms with E-state index in [-0.39, 0.29) is 0 Å². The van der Waals surface area contributed by atoms with Crippen LogP contribution >= 0.6 is 0 Å². The van der Waals surface area contributed by atoms with Gasteiger partial charge in [0.25, 0.3) is 0 Å². The summed E-state index contributed by atoms with van der Waals surface area (Å²) < 4.78 is 5.97. The molecule has 1 saturated carbocycles. The third kappa shape index (κ3) is 6.65. The Labute approximate surface area is 151 Å². The first-order chi connectivity index (χ1) is 11.5. The number of ether oxygens (including phenoxy) is 1. The molecule has 2 fully saturated rings. The average Bonchev–Trinajstić information content (AvgIpc) is 2.52. The van der Waals surface area contributed by atoms with Gasteiger partial charge in [0.15, 0.2) is 0 Å². The third-order valence-electron chi connectivity index (χ3n) is 6.02. The number of piperazine rings is 1. The maximum Gasteiger partial charge on any atom is 0.0578 e. The van der Waals surface area contributed by atoms with Crippen LogP contribution in [0.25, 0.3) is 0 Å². The van der Waals surface area contributed by atoms with E-state index in [1.165, 1.54) is 71.1 Å². The van der Waals surface area contributed by atoms with E-state index in [9.17, 15) is 0 Å². The van der Waals surface area contributed by atoms with E-state index in [1.54, 1.807) is 0 Å². The van der Waals surface area contributed by atoms with Crippen LogP contribution in [0.4, 0.5) is 0 Å². The Morgan fingerprint density at radius 2 is 1.67 bits per heavy atom. The maximum absolute atomic E-state index is 5.97. The molecule has 3 nitrogen and oxygen atoms in total. The van der Waals surface area contributed by atoms with Crippen LogP contribution in [0.15, 0.2) is 0 Å². The van der Waals surface area contributed by atoms with Crippen molar-refractivity contribution in [2.75, 3.05) is 26.2 Å². The lowest BCUT2D eigenvalue weighted by Gasteiger charge is -2.42. The fraction of sp³-hybridized carbons (Fsp3) is 1.00. The molecule has 0 amide bonds. The second kappa shape index (κ2) is 10.1. The molecule has 0 radical (unpaired) electrons. The van der Waals surface area contributed by atoms with Gasteiger partial charge in [-0.25, -0.2) is 0 Å². The van der Waals surface area contributed by atoms with Crippen molar-refractivity contribution in [2.45, 2.75) is 104 Å². The van der Waals surface area contributed by atoms with Crippen LogP contribution in [-0.2, 0) is 4.74 Å². The minimum Gasteiger partial charge on any atom is -0.376 e. The molecule has 1 aliphatic heterocycles. The first-order valence-electron chi connectivity index (χ1n) is 10.6. The molecule has 24 heavy (non-hydrogen) atoms. The fourth-order valence-electron chi connectivity index (χ4n) is 4.73. The average molecular weight is 339 g/mol. The zero-order valence-corrected chi connectivity index (χ0v) is 17.0. The molecule has 0 aromatic heterocycles. The molecule has 0 unspecified atom stereocenters. The summed E-state index contributed by atoms with van der Waals surface area (Å²) in [6, 6.07) is 1.41. The summed E-state index contributed by atoms with van der Waals surface area (Å²) in [5, 5.41) is 0. The highest BCUT2D eigenvalue weighted by Gasteiger charge is 2.25. The van der Waals surface area contributed by atoms with Gasteiger partial charge in [0.2, 0.25) is 0 Å². The quantitative estimate of drug-likeness (QED) is 0.604. The van der Waals surface area contributed by atoms with E-state index < -0.39 is 0 Å². The van der Waals surface area contributed by atoms with Crippen molar-refractivity contribution in [2.24, 2.45) is 5.92 Å². The standard InChI is InChI=1S/C21H42N2O/c1-17(2)23-15-14-22(16-19(23)5)13-7-6-8-20-9-11-21(12-10-20)24-18(3)4/h17-21H,6-16H2,1-5H3/t19-,20-,21-/m0/s1. The molecular formula is C21H42N2O. The maximum atomic E-state index is 5.97. The van der Waals surface area contributed by atoms with Crippen molar-refractivity contribution in [1.82, 2.24) is 9.80 Å². The number of unbranched alkanes of at least 4 members (excludes halogenated alkanes) is 1. The number of hydrogen-bond acceptors (Lipinski definition) is 3. The zero-order chi connectivity index (χ0) is 17.5. The highest BCUT2D eigenvalue weighted by molar-refractivity contribution is 4.81. The van der Waals surface area contributed by atoms with Gasteiger partial charge in [0, 0.05) is 31.7 Å². The molecule has 3 heteroatoms. The van der Waals surface area contributed by atoms with Crippen molar-refractivity contribution in [3.8, 4) is 0 Å². The molecule has 0 bridgehead atoms. The van der Waals surface area contributed by atoms with Crippen LogP contribution in [-0.4, -0.2) is 60.3 Å². The van der Waals surface area contributed by atoms with E-state index in [4.69, 9.17) is 4.74 Å². The van der Waals surface area contributed by atoms with Crippen molar-refractivity contribution in [3.05, 3.63) is 0 Å². The van der Waals surface area contributed by atoms with Gasteiger partial charge >= 0.3 is 0 Å². The second-order valence-corrected chi connectivity index (χ2v) is 8.80. The summed E-state index contributed by atoms with van der Waals surface area (Å²) in [6.07, 6.45) is 10.5. The van der Waals surface area contributed by atoms with Gasteiger partial charge in [0.05, 0.1) is 12.2 Å². The predicted molar refractivity (Wildman–Crippen MR) is 104 cm³/mol. The Hall–Kier alpha value is -0.120. The summed E-state index contributed by atoms with van der Waals surface area (Å²) in [7, 11) is 0. The van der Waals surface area contributed by atoms with Gasteiger partial charge in [-0.05, 0) is 79.2 Å². The summed E-state index contributed by atoms with van der Waals surface area (Å²) in [4.78, 5) is 5.34. The normalized spacial score (nSPS) is 30.4. The van der Waals surface area contributed by atoms with Gasteiger partial charge in [0.1, 0.15) is 0 Å². The van der Waals surface area contributed by atoms with Crippen molar-refractivity contribution < 1.29 is 4.74 Å². The molecule has 1 heterocycles. The summed E-state index contributed by atoms with van der Waals surface area (Å²) in [6.45, 7) is 16.4. The zero-order valence-electron chi connectivity index (χ0n) is 17.0. The van der Waals surface area contributed by atoms with E-state index in [0.717, 1.165) is 12.0 Å². The van der Waals surface area contributed by atoms with Crippen LogP contribution in [0.5, 0.6) is 0 Å². The minimum absolute atomic E-state index is 0.394. The van der Waals surface area contributed by atoms with Gasteiger partial charge in [-0.1, -0.05) is 12.8 Å². The second-order valence-electron chi connectivity index (χ2n) is 8.80. The number of hydrogen-bond donors (Lipinski definition) is 0. The van der Waals surface area contributed by atoms with Crippen molar-refractivity contribution in [1.29, 1.82) is 0 Å². The lowest BCUT2D eigenvalue weighted by Crippen LogP contribution is -2.54. The lowest BCUT2D eigenvalue weighted by molar-refractivity contribution is -0.0204. The molecule has 1 atom stereocenters. The molecule has 0 aromatic carbocycles. The van der Waals surface area contributed by atoms with Crippen LogP contribution in [0.2, 0.25) is 0 Å². The van der Waals surface area contributed by atoms with Crippen LogP contribution in [0.3, 0.4) is 0 Å². The molecule has 2 aliphatic rings. The Bertz CT molecular complexity index is 337. The Morgan fingerprint density at radius 3 is 2.25 bits per heavy atom. The highest BCUT2D eigenvalue weighted by Crippen LogP contribution is 2.30. The third-order valence-corrected chi connectivity index (χ3v) is 6.02. The van der Waals surface area contributed by atoms with Gasteiger partial charge in [-0.3, -0.25) is 4.90 Å². The molecule has 2 rings (SSSR count). The van der Waals surface area contributed by atoms with Crippen molar-refractivity contribution in [3.63, 3.8) is 0 Å². The summed E-state index contributed by atoms with van der Waals surface area (Å²) >= 11 is 0. The topological polar surface area (TPSA) is 15.7 Å². The van der Waals surface area contributed by atoms with Crippen molar-refractivity contribution >= 4 is 0 Å². The Kier molecular flexibility index (Phi) is 8.53. The van der Waals surface area contributed by atoms with Gasteiger partial charge in [-0.2, -0.15) is 0 Å². The molecule has 142 valence electrons. The molecule has 1 aliphatic carbocycles. The van der Waals surface area contributed by atoms with Crippen LogP contribution in [0, 0.1) is 5.92 Å². The Morgan fingerprint density at radius 1 is 0.958 bits per heavy atom. The first kappa shape index (κ1) is 20.2. The Balaban J connectivity index is 1.53. The number of rotatable bonds is 8. The fourth-order valence-corrected chi connectivity index (χ4v) is 4.73. The minimum atomic E-state index is 0.394. The molecule has 1 saturated heterocycles. The van der Waals surface area contributed by atoms with Gasteiger partial charge in [-0.15, -0.1) is 0 Å². The lowest BCUT2D eigenvalue weighted by atomic mass is 9.84. The molecule has 0 spiro atoms.